The number of carboxylic acid groups (broad SMARTS) is 1. The van der Waals surface area contributed by atoms with Crippen molar-refractivity contribution in [1.29, 1.82) is 0 Å². The lowest BCUT2D eigenvalue weighted by Crippen LogP contribution is -2.30. The summed E-state index contributed by atoms with van der Waals surface area (Å²) in [6.45, 7) is 0.468. The molecule has 1 unspecified atom stereocenters. The Bertz CT molecular complexity index is 1090. The molecule has 3 atom stereocenters. The second-order valence-electron chi connectivity index (χ2n) is 7.89. The highest BCUT2D eigenvalue weighted by molar-refractivity contribution is 5.84. The summed E-state index contributed by atoms with van der Waals surface area (Å²) in [5.74, 6) is -0.606. The number of aryl methyl sites for hydroxylation is 1. The molecular weight excluding hydrogens is 394 g/mol. The Morgan fingerprint density at radius 3 is 2.71 bits per heavy atom. The molecule has 1 aliphatic heterocycles. The van der Waals surface area contributed by atoms with Crippen LogP contribution in [-0.2, 0) is 21.3 Å². The number of allylic oxidation sites excluding steroid dienone is 2. The van der Waals surface area contributed by atoms with Gasteiger partial charge in [0.1, 0.15) is 5.75 Å². The molecule has 1 fully saturated rings. The van der Waals surface area contributed by atoms with Gasteiger partial charge in [0.05, 0.1) is 12.7 Å². The van der Waals surface area contributed by atoms with Crippen LogP contribution in [-0.4, -0.2) is 27.4 Å². The number of para-hydroxylation sites is 2. The van der Waals surface area contributed by atoms with E-state index in [0.29, 0.717) is 19.4 Å². The lowest BCUT2D eigenvalue weighted by atomic mass is 9.91. The first kappa shape index (κ1) is 21.2. The van der Waals surface area contributed by atoms with E-state index in [-0.39, 0.29) is 24.2 Å². The van der Waals surface area contributed by atoms with Crippen LogP contribution >= 0.6 is 0 Å². The van der Waals surface area contributed by atoms with Crippen LogP contribution in [0.3, 0.4) is 0 Å². The number of aromatic hydroxyl groups is 1. The van der Waals surface area contributed by atoms with Crippen molar-refractivity contribution in [1.82, 2.24) is 4.57 Å². The molecular formula is C25H27NO5. The molecule has 31 heavy (non-hydrogen) atoms. The van der Waals surface area contributed by atoms with Gasteiger partial charge in [-0.2, -0.15) is 0 Å². The fourth-order valence-electron chi connectivity index (χ4n) is 4.15. The summed E-state index contributed by atoms with van der Waals surface area (Å²) in [5.41, 5.74) is 2.81. The Balaban J connectivity index is 1.58. The van der Waals surface area contributed by atoms with E-state index in [9.17, 15) is 9.90 Å². The quantitative estimate of drug-likeness (QED) is 0.519. The molecule has 2 aromatic carbocycles. The second kappa shape index (κ2) is 9.37. The number of fused-ring (bicyclic) bond motifs is 1. The summed E-state index contributed by atoms with van der Waals surface area (Å²) in [6, 6.07) is 15.4. The van der Waals surface area contributed by atoms with Crippen LogP contribution in [0.2, 0.25) is 0 Å². The summed E-state index contributed by atoms with van der Waals surface area (Å²) in [6.07, 6.45) is 6.28. The van der Waals surface area contributed by atoms with Crippen molar-refractivity contribution in [2.45, 2.75) is 31.7 Å². The highest BCUT2D eigenvalue weighted by Gasteiger charge is 2.35. The predicted molar refractivity (Wildman–Crippen MR) is 118 cm³/mol. The third-order valence-corrected chi connectivity index (χ3v) is 5.72. The monoisotopic (exact) mass is 421 g/mol. The fourth-order valence-corrected chi connectivity index (χ4v) is 4.15. The molecule has 1 aromatic heterocycles. The molecule has 0 aliphatic carbocycles. The summed E-state index contributed by atoms with van der Waals surface area (Å²) in [4.78, 5) is 10.7. The fraction of sp³-hybridized carbons (Fsp3) is 0.320. The van der Waals surface area contributed by atoms with Crippen LogP contribution in [0.5, 0.6) is 5.75 Å². The number of hydrogen-bond donors (Lipinski definition) is 2. The van der Waals surface area contributed by atoms with E-state index in [4.69, 9.17) is 14.6 Å². The molecule has 0 amide bonds. The number of aromatic nitrogens is 1. The van der Waals surface area contributed by atoms with E-state index in [2.05, 4.69) is 16.7 Å². The van der Waals surface area contributed by atoms with Crippen molar-refractivity contribution >= 4 is 16.9 Å². The molecule has 3 aromatic rings. The number of phenols is 1. The molecule has 2 heterocycles. The van der Waals surface area contributed by atoms with Crippen LogP contribution in [0.1, 0.15) is 42.8 Å². The van der Waals surface area contributed by atoms with Crippen LogP contribution in [0.25, 0.3) is 10.9 Å². The Morgan fingerprint density at radius 2 is 1.90 bits per heavy atom. The molecule has 1 aliphatic rings. The zero-order chi connectivity index (χ0) is 21.8. The number of ether oxygens (including phenoxy) is 2. The summed E-state index contributed by atoms with van der Waals surface area (Å²) < 4.78 is 14.6. The SMILES string of the molecule is Cn1cc(C2OC[C@@H](C/C=C\CCC(=O)O)[C@@H](c3ccccc3O)O2)c2ccccc21. The third kappa shape index (κ3) is 4.65. The van der Waals surface area contributed by atoms with Gasteiger partial charge in [-0.15, -0.1) is 0 Å². The molecule has 0 bridgehead atoms. The Morgan fingerprint density at radius 1 is 1.13 bits per heavy atom. The molecule has 162 valence electrons. The minimum absolute atomic E-state index is 0.000560. The lowest BCUT2D eigenvalue weighted by molar-refractivity contribution is -0.243. The van der Waals surface area contributed by atoms with Crippen molar-refractivity contribution in [3.63, 3.8) is 0 Å². The van der Waals surface area contributed by atoms with Gasteiger partial charge in [0.15, 0.2) is 6.29 Å². The normalized spacial score (nSPS) is 21.6. The molecule has 6 nitrogen and oxygen atoms in total. The van der Waals surface area contributed by atoms with Crippen LogP contribution in [0.4, 0.5) is 0 Å². The third-order valence-electron chi connectivity index (χ3n) is 5.72. The number of carbonyl (C=O) groups is 1. The maximum absolute atomic E-state index is 10.7. The van der Waals surface area contributed by atoms with Gasteiger partial charge in [0, 0.05) is 47.6 Å². The smallest absolute Gasteiger partial charge is 0.303 e. The first-order chi connectivity index (χ1) is 15.0. The highest BCUT2D eigenvalue weighted by Crippen LogP contribution is 2.43. The van der Waals surface area contributed by atoms with E-state index < -0.39 is 12.3 Å². The van der Waals surface area contributed by atoms with Gasteiger partial charge >= 0.3 is 5.97 Å². The van der Waals surface area contributed by atoms with Gasteiger partial charge in [-0.25, -0.2) is 0 Å². The number of phenolic OH excluding ortho intramolecular Hbond substituents is 1. The average molecular weight is 421 g/mol. The van der Waals surface area contributed by atoms with E-state index in [1.165, 1.54) is 0 Å². The molecule has 0 spiro atoms. The van der Waals surface area contributed by atoms with Crippen molar-refractivity contribution in [2.75, 3.05) is 6.61 Å². The highest BCUT2D eigenvalue weighted by atomic mass is 16.7. The number of nitrogens with zero attached hydrogens (tertiary/aromatic N) is 1. The van der Waals surface area contributed by atoms with Crippen LogP contribution < -0.4 is 0 Å². The van der Waals surface area contributed by atoms with Crippen molar-refractivity contribution in [2.24, 2.45) is 13.0 Å². The lowest BCUT2D eigenvalue weighted by Gasteiger charge is -2.36. The zero-order valence-electron chi connectivity index (χ0n) is 17.5. The van der Waals surface area contributed by atoms with Gasteiger partial charge in [-0.05, 0) is 25.0 Å². The van der Waals surface area contributed by atoms with Gasteiger partial charge in [-0.3, -0.25) is 4.79 Å². The van der Waals surface area contributed by atoms with E-state index in [0.717, 1.165) is 22.0 Å². The van der Waals surface area contributed by atoms with E-state index >= 15 is 0 Å². The number of benzene rings is 2. The topological polar surface area (TPSA) is 80.9 Å². The van der Waals surface area contributed by atoms with Crippen molar-refractivity contribution in [3.05, 3.63) is 78.0 Å². The standard InChI is InChI=1S/C25H27NO5/c1-26-15-20(18-10-5-7-12-21(18)26)25-30-16-17(9-3-2-4-14-23(28)29)24(31-25)19-11-6-8-13-22(19)27/h2-3,5-8,10-13,15,17,24-25,27H,4,9,14,16H2,1H3,(H,28,29)/b3-2-/t17-,24+,25?/m1/s1. The van der Waals surface area contributed by atoms with Gasteiger partial charge < -0.3 is 24.3 Å². The summed E-state index contributed by atoms with van der Waals surface area (Å²) >= 11 is 0. The van der Waals surface area contributed by atoms with Crippen LogP contribution in [0, 0.1) is 5.92 Å². The van der Waals surface area contributed by atoms with Gasteiger partial charge in [-0.1, -0.05) is 48.6 Å². The second-order valence-corrected chi connectivity index (χ2v) is 7.89. The Hall–Kier alpha value is -3.09. The number of aliphatic carboxylic acids is 1. The summed E-state index contributed by atoms with van der Waals surface area (Å²) in [5, 5.41) is 20.4. The minimum atomic E-state index is -0.806. The first-order valence-corrected chi connectivity index (χ1v) is 10.5. The number of hydrogen-bond acceptors (Lipinski definition) is 4. The van der Waals surface area contributed by atoms with Gasteiger partial charge in [0.2, 0.25) is 0 Å². The molecule has 0 saturated carbocycles. The first-order valence-electron chi connectivity index (χ1n) is 10.5. The largest absolute Gasteiger partial charge is 0.508 e. The molecule has 6 heteroatoms. The van der Waals surface area contributed by atoms with Gasteiger partial charge in [0.25, 0.3) is 0 Å². The number of carboxylic acids is 1. The van der Waals surface area contributed by atoms with E-state index in [1.807, 2.05) is 49.7 Å². The molecule has 0 radical (unpaired) electrons. The molecule has 2 N–H and O–H groups in total. The minimum Gasteiger partial charge on any atom is -0.508 e. The van der Waals surface area contributed by atoms with E-state index in [1.54, 1.807) is 12.1 Å². The van der Waals surface area contributed by atoms with Crippen LogP contribution in [0.15, 0.2) is 66.9 Å². The molecule has 4 rings (SSSR count). The predicted octanol–water partition coefficient (Wildman–Crippen LogP) is 5.10. The average Bonchev–Trinajstić information content (AvgIpc) is 3.11. The maximum atomic E-state index is 10.7. The van der Waals surface area contributed by atoms with Crippen molar-refractivity contribution < 1.29 is 24.5 Å². The van der Waals surface area contributed by atoms with Crippen molar-refractivity contribution in [3.8, 4) is 5.75 Å². The summed E-state index contributed by atoms with van der Waals surface area (Å²) in [7, 11) is 2.00. The maximum Gasteiger partial charge on any atom is 0.303 e. The Kier molecular flexibility index (Phi) is 6.39. The Labute approximate surface area is 181 Å². The zero-order valence-corrected chi connectivity index (χ0v) is 17.5. The number of rotatable bonds is 7. The molecule has 1 saturated heterocycles.